The minimum absolute atomic E-state index is 0.0492. The zero-order valence-electron chi connectivity index (χ0n) is 14.1. The molecule has 1 aliphatic rings. The molecular weight excluding hydrogens is 292 g/mol. The van der Waals surface area contributed by atoms with Gasteiger partial charge in [-0.25, -0.2) is 0 Å². The van der Waals surface area contributed by atoms with E-state index in [2.05, 4.69) is 10.6 Å². The van der Waals surface area contributed by atoms with Crippen LogP contribution in [0.25, 0.3) is 0 Å². The van der Waals surface area contributed by atoms with Gasteiger partial charge >= 0.3 is 0 Å². The van der Waals surface area contributed by atoms with E-state index in [0.29, 0.717) is 19.8 Å². The molecule has 5 nitrogen and oxygen atoms in total. The molecule has 23 heavy (non-hydrogen) atoms. The standard InChI is InChI=1S/C18H28N2O3/c1-14(2)23-11-10-22-13-15-6-5-7-16(12-15)20-18(21)17-8-3-4-9-19-17/h5-7,12,14,17,19H,3-4,8-11,13H2,1-2H3,(H,20,21). The fourth-order valence-corrected chi connectivity index (χ4v) is 2.58. The maximum Gasteiger partial charge on any atom is 0.241 e. The fraction of sp³-hybridized carbons (Fsp3) is 0.611. The summed E-state index contributed by atoms with van der Waals surface area (Å²) in [5, 5.41) is 6.25. The molecule has 128 valence electrons. The highest BCUT2D eigenvalue weighted by Gasteiger charge is 2.20. The number of ether oxygens (including phenoxy) is 2. The van der Waals surface area contributed by atoms with Crippen LogP contribution in [0.15, 0.2) is 24.3 Å². The molecule has 1 aliphatic heterocycles. The Labute approximate surface area is 138 Å². The molecule has 1 atom stereocenters. The van der Waals surface area contributed by atoms with Gasteiger partial charge in [0.05, 0.1) is 32.0 Å². The summed E-state index contributed by atoms with van der Waals surface area (Å²) >= 11 is 0. The second kappa shape index (κ2) is 9.65. The largest absolute Gasteiger partial charge is 0.376 e. The van der Waals surface area contributed by atoms with E-state index in [4.69, 9.17) is 9.47 Å². The maximum atomic E-state index is 12.2. The van der Waals surface area contributed by atoms with Crippen molar-refractivity contribution in [3.8, 4) is 0 Å². The Kier molecular flexibility index (Phi) is 7.52. The molecule has 0 spiro atoms. The average Bonchev–Trinajstić information content (AvgIpc) is 2.55. The van der Waals surface area contributed by atoms with Crippen molar-refractivity contribution < 1.29 is 14.3 Å². The summed E-state index contributed by atoms with van der Waals surface area (Å²) in [5.41, 5.74) is 1.87. The normalized spacial score (nSPS) is 18.1. The first kappa shape index (κ1) is 17.9. The highest BCUT2D eigenvalue weighted by Crippen LogP contribution is 2.14. The molecule has 5 heteroatoms. The van der Waals surface area contributed by atoms with Crippen LogP contribution in [0.2, 0.25) is 0 Å². The molecule has 1 saturated heterocycles. The quantitative estimate of drug-likeness (QED) is 0.723. The van der Waals surface area contributed by atoms with Crippen LogP contribution in [0.3, 0.4) is 0 Å². The summed E-state index contributed by atoms with van der Waals surface area (Å²) in [6.07, 6.45) is 3.39. The van der Waals surface area contributed by atoms with E-state index in [0.717, 1.165) is 37.1 Å². The van der Waals surface area contributed by atoms with Crippen LogP contribution >= 0.6 is 0 Å². The predicted molar refractivity (Wildman–Crippen MR) is 91.5 cm³/mol. The number of carbonyl (C=O) groups is 1. The number of piperidine rings is 1. The Morgan fingerprint density at radius 2 is 2.22 bits per heavy atom. The van der Waals surface area contributed by atoms with Crippen LogP contribution in [-0.4, -0.2) is 37.8 Å². The smallest absolute Gasteiger partial charge is 0.241 e. The van der Waals surface area contributed by atoms with Crippen LogP contribution in [-0.2, 0) is 20.9 Å². The Morgan fingerprint density at radius 1 is 1.35 bits per heavy atom. The lowest BCUT2D eigenvalue weighted by atomic mass is 10.0. The van der Waals surface area contributed by atoms with Crippen LogP contribution < -0.4 is 10.6 Å². The Balaban J connectivity index is 1.76. The minimum atomic E-state index is -0.0724. The van der Waals surface area contributed by atoms with E-state index in [1.54, 1.807) is 0 Å². The molecule has 1 unspecified atom stereocenters. The topological polar surface area (TPSA) is 59.6 Å². The van der Waals surface area contributed by atoms with Gasteiger partial charge in [0.15, 0.2) is 0 Å². The zero-order chi connectivity index (χ0) is 16.5. The molecule has 0 aliphatic carbocycles. The molecule has 1 amide bonds. The summed E-state index contributed by atoms with van der Waals surface area (Å²) in [5.74, 6) is 0.0492. The van der Waals surface area contributed by atoms with Gasteiger partial charge in [-0.05, 0) is 50.9 Å². The van der Waals surface area contributed by atoms with Crippen molar-refractivity contribution in [1.29, 1.82) is 0 Å². The van der Waals surface area contributed by atoms with E-state index in [9.17, 15) is 4.79 Å². The molecule has 0 radical (unpaired) electrons. The third-order valence-electron chi connectivity index (χ3n) is 3.77. The van der Waals surface area contributed by atoms with Crippen LogP contribution in [0.4, 0.5) is 5.69 Å². The first-order valence-corrected chi connectivity index (χ1v) is 8.47. The van der Waals surface area contributed by atoms with Crippen molar-refractivity contribution >= 4 is 11.6 Å². The highest BCUT2D eigenvalue weighted by atomic mass is 16.5. The first-order valence-electron chi connectivity index (χ1n) is 8.47. The third kappa shape index (κ3) is 6.69. The number of hydrogen-bond donors (Lipinski definition) is 2. The highest BCUT2D eigenvalue weighted by molar-refractivity contribution is 5.94. The second-order valence-corrected chi connectivity index (χ2v) is 6.16. The monoisotopic (exact) mass is 320 g/mol. The van der Waals surface area contributed by atoms with Crippen molar-refractivity contribution in [2.24, 2.45) is 0 Å². The summed E-state index contributed by atoms with van der Waals surface area (Å²) in [7, 11) is 0. The molecule has 2 N–H and O–H groups in total. The third-order valence-corrected chi connectivity index (χ3v) is 3.77. The van der Waals surface area contributed by atoms with Gasteiger partial charge in [0.25, 0.3) is 0 Å². The molecule has 1 fully saturated rings. The van der Waals surface area contributed by atoms with Crippen molar-refractivity contribution in [3.63, 3.8) is 0 Å². The van der Waals surface area contributed by atoms with Crippen LogP contribution in [0.1, 0.15) is 38.7 Å². The van der Waals surface area contributed by atoms with Gasteiger partial charge in [-0.2, -0.15) is 0 Å². The zero-order valence-corrected chi connectivity index (χ0v) is 14.1. The molecule has 1 heterocycles. The molecular formula is C18H28N2O3. The Morgan fingerprint density at radius 3 is 2.96 bits per heavy atom. The van der Waals surface area contributed by atoms with Crippen molar-refractivity contribution in [2.75, 3.05) is 25.1 Å². The summed E-state index contributed by atoms with van der Waals surface area (Å²) in [4.78, 5) is 12.2. The minimum Gasteiger partial charge on any atom is -0.376 e. The van der Waals surface area contributed by atoms with E-state index in [1.807, 2.05) is 38.1 Å². The Hall–Kier alpha value is -1.43. The molecule has 1 aromatic rings. The molecule has 0 saturated carbocycles. The lowest BCUT2D eigenvalue weighted by Crippen LogP contribution is -2.43. The number of nitrogens with one attached hydrogen (secondary N) is 2. The van der Waals surface area contributed by atoms with Crippen molar-refractivity contribution in [2.45, 2.75) is 51.9 Å². The second-order valence-electron chi connectivity index (χ2n) is 6.16. The predicted octanol–water partition coefficient (Wildman–Crippen LogP) is 2.71. The number of benzene rings is 1. The number of amides is 1. The van der Waals surface area contributed by atoms with E-state index < -0.39 is 0 Å². The van der Waals surface area contributed by atoms with Gasteiger partial charge < -0.3 is 20.1 Å². The summed E-state index contributed by atoms with van der Waals surface area (Å²) in [6.45, 7) is 6.63. The van der Waals surface area contributed by atoms with Gasteiger partial charge in [-0.1, -0.05) is 18.6 Å². The number of carbonyl (C=O) groups excluding carboxylic acids is 1. The summed E-state index contributed by atoms with van der Waals surface area (Å²) < 4.78 is 11.0. The van der Waals surface area contributed by atoms with E-state index >= 15 is 0 Å². The van der Waals surface area contributed by atoms with Gasteiger partial charge in [0.2, 0.25) is 5.91 Å². The van der Waals surface area contributed by atoms with Gasteiger partial charge in [0.1, 0.15) is 0 Å². The SMILES string of the molecule is CC(C)OCCOCc1cccc(NC(=O)C2CCCCN2)c1. The van der Waals surface area contributed by atoms with E-state index in [-0.39, 0.29) is 18.1 Å². The fourth-order valence-electron chi connectivity index (χ4n) is 2.58. The van der Waals surface area contributed by atoms with Gasteiger partial charge in [-0.3, -0.25) is 4.79 Å². The first-order chi connectivity index (χ1) is 11.1. The lowest BCUT2D eigenvalue weighted by molar-refractivity contribution is -0.118. The van der Waals surface area contributed by atoms with Crippen LogP contribution in [0.5, 0.6) is 0 Å². The molecule has 0 aromatic heterocycles. The average molecular weight is 320 g/mol. The lowest BCUT2D eigenvalue weighted by Gasteiger charge is -2.22. The van der Waals surface area contributed by atoms with Gasteiger partial charge in [0, 0.05) is 5.69 Å². The van der Waals surface area contributed by atoms with Crippen LogP contribution in [0, 0.1) is 0 Å². The number of rotatable bonds is 8. The molecule has 1 aromatic carbocycles. The number of anilines is 1. The van der Waals surface area contributed by atoms with Gasteiger partial charge in [-0.15, -0.1) is 0 Å². The maximum absolute atomic E-state index is 12.2. The van der Waals surface area contributed by atoms with E-state index in [1.165, 1.54) is 0 Å². The van der Waals surface area contributed by atoms with Crippen molar-refractivity contribution in [1.82, 2.24) is 5.32 Å². The van der Waals surface area contributed by atoms with Crippen molar-refractivity contribution in [3.05, 3.63) is 29.8 Å². The Bertz CT molecular complexity index is 485. The number of hydrogen-bond acceptors (Lipinski definition) is 4. The molecule has 0 bridgehead atoms. The summed E-state index contributed by atoms with van der Waals surface area (Å²) in [6, 6.07) is 7.73. The molecule has 2 rings (SSSR count).